The molecule has 0 aliphatic rings. The van der Waals surface area contributed by atoms with Gasteiger partial charge in [0.15, 0.2) is 0 Å². The third-order valence-corrected chi connectivity index (χ3v) is 3.89. The number of methoxy groups -OCH3 is 1. The molecule has 0 fully saturated rings. The monoisotopic (exact) mass is 299 g/mol. The lowest BCUT2D eigenvalue weighted by molar-refractivity contribution is 0.403. The second-order valence-electron chi connectivity index (χ2n) is 3.91. The third kappa shape index (κ3) is 3.05. The lowest BCUT2D eigenvalue weighted by Crippen LogP contribution is -2.14. The molecule has 0 saturated heterocycles. The van der Waals surface area contributed by atoms with Gasteiger partial charge in [0.25, 0.3) is 10.0 Å². The second kappa shape index (κ2) is 5.46. The maximum Gasteiger partial charge on any atom is 0.265 e. The molecule has 20 heavy (non-hydrogen) atoms. The van der Waals surface area contributed by atoms with Crippen molar-refractivity contribution < 1.29 is 21.9 Å². The van der Waals surface area contributed by atoms with Gasteiger partial charge in [-0.3, -0.25) is 4.72 Å². The molecule has 0 atom stereocenters. The first-order valence-electron chi connectivity index (χ1n) is 5.54. The number of nitrogens with one attached hydrogen (secondary N) is 1. The highest BCUT2D eigenvalue weighted by atomic mass is 32.2. The Kier molecular flexibility index (Phi) is 3.89. The molecule has 0 spiro atoms. The predicted octanol–water partition coefficient (Wildman–Crippen LogP) is 2.77. The summed E-state index contributed by atoms with van der Waals surface area (Å²) in [5.41, 5.74) is -0.201. The Morgan fingerprint density at radius 1 is 1.05 bits per heavy atom. The largest absolute Gasteiger partial charge is 0.495 e. The van der Waals surface area contributed by atoms with E-state index < -0.39 is 21.7 Å². The van der Waals surface area contributed by atoms with Gasteiger partial charge in [-0.15, -0.1) is 0 Å². The van der Waals surface area contributed by atoms with Gasteiger partial charge in [0.2, 0.25) is 0 Å². The van der Waals surface area contributed by atoms with Gasteiger partial charge in [-0.2, -0.15) is 0 Å². The highest BCUT2D eigenvalue weighted by molar-refractivity contribution is 7.92. The molecule has 0 radical (unpaired) electrons. The maximum atomic E-state index is 13.1. The van der Waals surface area contributed by atoms with Crippen LogP contribution in [0.1, 0.15) is 0 Å². The number of rotatable bonds is 4. The summed E-state index contributed by atoms with van der Waals surface area (Å²) in [4.78, 5) is -0.118. The third-order valence-electron chi connectivity index (χ3n) is 2.47. The van der Waals surface area contributed by atoms with Crippen molar-refractivity contribution in [1.82, 2.24) is 0 Å². The number of hydrogen-bond donors (Lipinski definition) is 1. The Labute approximate surface area is 115 Å². The molecule has 0 aliphatic carbocycles. The van der Waals surface area contributed by atoms with Gasteiger partial charge in [0.05, 0.1) is 12.8 Å². The molecule has 0 aromatic heterocycles. The summed E-state index contributed by atoms with van der Waals surface area (Å²) in [7, 11) is -2.67. The van der Waals surface area contributed by atoms with Crippen molar-refractivity contribution in [3.05, 3.63) is 54.1 Å². The minimum absolute atomic E-state index is 0.118. The zero-order valence-electron chi connectivity index (χ0n) is 10.4. The molecule has 2 rings (SSSR count). The quantitative estimate of drug-likeness (QED) is 0.944. The molecule has 0 aliphatic heterocycles. The minimum Gasteiger partial charge on any atom is -0.495 e. The highest BCUT2D eigenvalue weighted by Crippen LogP contribution is 2.25. The summed E-state index contributed by atoms with van der Waals surface area (Å²) >= 11 is 0. The topological polar surface area (TPSA) is 55.4 Å². The van der Waals surface area contributed by atoms with E-state index >= 15 is 0 Å². The zero-order valence-corrected chi connectivity index (χ0v) is 11.2. The van der Waals surface area contributed by atoms with Gasteiger partial charge in [-0.25, -0.2) is 17.2 Å². The summed E-state index contributed by atoms with van der Waals surface area (Å²) in [6.45, 7) is 0. The van der Waals surface area contributed by atoms with Gasteiger partial charge >= 0.3 is 0 Å². The van der Waals surface area contributed by atoms with Crippen molar-refractivity contribution in [3.8, 4) is 5.75 Å². The van der Waals surface area contributed by atoms with Gasteiger partial charge in [0.1, 0.15) is 22.3 Å². The van der Waals surface area contributed by atoms with Crippen LogP contribution >= 0.6 is 0 Å². The smallest absolute Gasteiger partial charge is 0.265 e. The summed E-state index contributed by atoms with van der Waals surface area (Å²) in [5, 5.41) is 0. The number of hydrogen-bond acceptors (Lipinski definition) is 3. The second-order valence-corrected chi connectivity index (χ2v) is 5.57. The Morgan fingerprint density at radius 3 is 2.25 bits per heavy atom. The van der Waals surface area contributed by atoms with Gasteiger partial charge in [0, 0.05) is 6.07 Å². The van der Waals surface area contributed by atoms with E-state index in [0.29, 0.717) is 6.07 Å². The van der Waals surface area contributed by atoms with Crippen LogP contribution in [-0.2, 0) is 10.0 Å². The molecule has 0 amide bonds. The molecule has 0 saturated carbocycles. The minimum atomic E-state index is -4.00. The van der Waals surface area contributed by atoms with Gasteiger partial charge in [-0.05, 0) is 24.3 Å². The lowest BCUT2D eigenvalue weighted by atomic mass is 10.3. The Balaban J connectivity index is 2.41. The molecule has 2 aromatic rings. The van der Waals surface area contributed by atoms with Crippen LogP contribution in [0.4, 0.5) is 14.5 Å². The van der Waals surface area contributed by atoms with Gasteiger partial charge < -0.3 is 4.74 Å². The molecule has 106 valence electrons. The van der Waals surface area contributed by atoms with Crippen LogP contribution in [0.2, 0.25) is 0 Å². The molecule has 0 heterocycles. The first-order chi connectivity index (χ1) is 9.42. The molecule has 0 unspecified atom stereocenters. The molecule has 0 bridgehead atoms. The number of ether oxygens (including phenoxy) is 1. The summed E-state index contributed by atoms with van der Waals surface area (Å²) in [6, 6.07) is 8.35. The van der Waals surface area contributed by atoms with Crippen LogP contribution in [0, 0.1) is 11.6 Å². The van der Waals surface area contributed by atoms with Crippen LogP contribution in [-0.4, -0.2) is 15.5 Å². The van der Waals surface area contributed by atoms with E-state index in [1.54, 1.807) is 6.07 Å². The SMILES string of the molecule is COc1ccccc1S(=O)(=O)Nc1cc(F)cc(F)c1. The molecular weight excluding hydrogens is 288 g/mol. The molecule has 4 nitrogen and oxygen atoms in total. The summed E-state index contributed by atoms with van der Waals surface area (Å²) in [6.07, 6.45) is 0. The fourth-order valence-corrected chi connectivity index (χ4v) is 2.88. The van der Waals surface area contributed by atoms with Crippen LogP contribution in [0.25, 0.3) is 0 Å². The highest BCUT2D eigenvalue weighted by Gasteiger charge is 2.19. The van der Waals surface area contributed by atoms with Crippen molar-refractivity contribution in [2.24, 2.45) is 0 Å². The number of benzene rings is 2. The van der Waals surface area contributed by atoms with Crippen LogP contribution in [0.15, 0.2) is 47.4 Å². The summed E-state index contributed by atoms with van der Waals surface area (Å²) < 4.78 is 57.5. The van der Waals surface area contributed by atoms with E-state index in [-0.39, 0.29) is 16.3 Å². The van der Waals surface area contributed by atoms with E-state index in [4.69, 9.17) is 4.74 Å². The van der Waals surface area contributed by atoms with Crippen molar-refractivity contribution >= 4 is 15.7 Å². The van der Waals surface area contributed by atoms with E-state index in [1.165, 1.54) is 25.3 Å². The van der Waals surface area contributed by atoms with E-state index in [0.717, 1.165) is 12.1 Å². The Hall–Kier alpha value is -2.15. The van der Waals surface area contributed by atoms with E-state index in [2.05, 4.69) is 4.72 Å². The Bertz CT molecular complexity index is 712. The van der Waals surface area contributed by atoms with Crippen LogP contribution in [0.5, 0.6) is 5.75 Å². The van der Waals surface area contributed by atoms with Gasteiger partial charge in [-0.1, -0.05) is 12.1 Å². The fourth-order valence-electron chi connectivity index (χ4n) is 1.66. The van der Waals surface area contributed by atoms with E-state index in [9.17, 15) is 17.2 Å². The molecule has 2 aromatic carbocycles. The molecule has 7 heteroatoms. The van der Waals surface area contributed by atoms with Crippen molar-refractivity contribution in [1.29, 1.82) is 0 Å². The van der Waals surface area contributed by atoms with Crippen molar-refractivity contribution in [3.63, 3.8) is 0 Å². The fraction of sp³-hybridized carbons (Fsp3) is 0.0769. The number of halogens is 2. The summed E-state index contributed by atoms with van der Waals surface area (Å²) in [5.74, 6) is -1.61. The number of sulfonamides is 1. The normalized spacial score (nSPS) is 11.2. The number of para-hydroxylation sites is 1. The average Bonchev–Trinajstić information content (AvgIpc) is 2.36. The van der Waals surface area contributed by atoms with Crippen molar-refractivity contribution in [2.45, 2.75) is 4.90 Å². The zero-order chi connectivity index (χ0) is 14.8. The van der Waals surface area contributed by atoms with Crippen molar-refractivity contribution in [2.75, 3.05) is 11.8 Å². The van der Waals surface area contributed by atoms with Crippen LogP contribution < -0.4 is 9.46 Å². The van der Waals surface area contributed by atoms with Crippen LogP contribution in [0.3, 0.4) is 0 Å². The number of anilines is 1. The Morgan fingerprint density at radius 2 is 1.65 bits per heavy atom. The maximum absolute atomic E-state index is 13.1. The molecular formula is C13H11F2NO3S. The molecule has 1 N–H and O–H groups in total. The lowest BCUT2D eigenvalue weighted by Gasteiger charge is -2.11. The standard InChI is InChI=1S/C13H11F2NO3S/c1-19-12-4-2-3-5-13(12)20(17,18)16-11-7-9(14)6-10(15)8-11/h2-8,16H,1H3. The average molecular weight is 299 g/mol. The predicted molar refractivity (Wildman–Crippen MR) is 70.2 cm³/mol. The first kappa shape index (κ1) is 14.3. The van der Waals surface area contributed by atoms with E-state index in [1.807, 2.05) is 0 Å². The first-order valence-corrected chi connectivity index (χ1v) is 7.02.